The molecule has 0 aromatic carbocycles. The summed E-state index contributed by atoms with van der Waals surface area (Å²) in [6.45, 7) is 9.53. The molecule has 0 saturated heterocycles. The van der Waals surface area contributed by atoms with Gasteiger partial charge in [-0.05, 0) is 44.2 Å². The first-order valence-corrected chi connectivity index (χ1v) is 14.2. The Morgan fingerprint density at radius 2 is 1.91 bits per heavy atom. The Morgan fingerprint density at radius 1 is 1.22 bits per heavy atom. The summed E-state index contributed by atoms with van der Waals surface area (Å²) in [6.07, 6.45) is 5.77. The van der Waals surface area contributed by atoms with Gasteiger partial charge in [-0.3, -0.25) is 0 Å². The van der Waals surface area contributed by atoms with Crippen LogP contribution in [0.3, 0.4) is 0 Å². The lowest BCUT2D eigenvalue weighted by Crippen LogP contribution is -2.43. The van der Waals surface area contributed by atoms with Gasteiger partial charge in [0.15, 0.2) is 9.84 Å². The minimum Gasteiger partial charge on any atom is -0.474 e. The molecule has 2 aromatic rings. The number of nitrogens with one attached hydrogen (secondary N) is 1. The smallest absolute Gasteiger partial charge is 0.223 e. The number of hydrogen-bond acceptors (Lipinski definition) is 6. The molecule has 1 aliphatic rings. The van der Waals surface area contributed by atoms with Crippen LogP contribution < -0.4 is 9.46 Å². The molecule has 1 N–H and O–H groups in total. The molecule has 1 fully saturated rings. The fourth-order valence-electron chi connectivity index (χ4n) is 3.65. The zero-order valence-electron chi connectivity index (χ0n) is 19.2. The highest BCUT2D eigenvalue weighted by molar-refractivity contribution is 7.92. The van der Waals surface area contributed by atoms with E-state index in [1.807, 2.05) is 20.8 Å². The van der Waals surface area contributed by atoms with Crippen molar-refractivity contribution in [2.45, 2.75) is 82.4 Å². The van der Waals surface area contributed by atoms with Gasteiger partial charge in [0.05, 0.1) is 26.4 Å². The molecule has 1 aliphatic carbocycles. The summed E-state index contributed by atoms with van der Waals surface area (Å²) in [5, 5.41) is 1.55. The third-order valence-electron chi connectivity index (χ3n) is 5.73. The maximum absolute atomic E-state index is 12.8. The van der Waals surface area contributed by atoms with Gasteiger partial charge in [0.25, 0.3) is 0 Å². The van der Waals surface area contributed by atoms with E-state index in [1.54, 1.807) is 25.4 Å². The molecule has 1 unspecified atom stereocenters. The largest absolute Gasteiger partial charge is 0.474 e. The summed E-state index contributed by atoms with van der Waals surface area (Å²) in [4.78, 5) is 8.75. The SMILES string of the molecule is CCC[C@@H](NS(=O)C(C)(C)C)c1cnc(OC2CC(S(=O)(=O)CC)C2)c2cnc(Cl)cc12. The lowest BCUT2D eigenvalue weighted by Gasteiger charge is -2.34. The molecule has 1 saturated carbocycles. The molecular weight excluding hydrogens is 470 g/mol. The van der Waals surface area contributed by atoms with Crippen molar-refractivity contribution in [1.29, 1.82) is 0 Å². The van der Waals surface area contributed by atoms with Crippen molar-refractivity contribution >= 4 is 43.2 Å². The first-order chi connectivity index (χ1) is 15.0. The number of hydrogen-bond donors (Lipinski definition) is 1. The van der Waals surface area contributed by atoms with Crippen molar-refractivity contribution in [2.75, 3.05) is 5.75 Å². The van der Waals surface area contributed by atoms with Gasteiger partial charge in [0.2, 0.25) is 5.88 Å². The van der Waals surface area contributed by atoms with Gasteiger partial charge >= 0.3 is 0 Å². The van der Waals surface area contributed by atoms with E-state index >= 15 is 0 Å². The standard InChI is InChI=1S/C22H32ClN3O4S2/c1-6-8-19(26-31(27)22(3,4)5)17-12-25-21(18-13-24-20(23)11-16(17)18)30-14-9-15(10-14)32(28,29)7-2/h11-15,19,26H,6-10H2,1-5H3/t14?,15?,19-,31?/m1/s1. The second-order valence-corrected chi connectivity index (χ2v) is 14.2. The molecule has 0 aliphatic heterocycles. The Kier molecular flexibility index (Phi) is 7.85. The second kappa shape index (κ2) is 9.91. The van der Waals surface area contributed by atoms with E-state index < -0.39 is 25.6 Å². The molecule has 2 heterocycles. The van der Waals surface area contributed by atoms with Crippen molar-refractivity contribution in [3.05, 3.63) is 29.2 Å². The zero-order valence-corrected chi connectivity index (χ0v) is 21.6. The summed E-state index contributed by atoms with van der Waals surface area (Å²) in [5.41, 5.74) is 0.885. The van der Waals surface area contributed by atoms with Crippen LogP contribution in [0.4, 0.5) is 0 Å². The number of nitrogens with zero attached hydrogens (tertiary/aromatic N) is 2. The number of halogens is 1. The molecule has 2 atom stereocenters. The molecule has 0 amide bonds. The molecule has 0 radical (unpaired) electrons. The minimum absolute atomic E-state index is 0.143. The predicted molar refractivity (Wildman–Crippen MR) is 130 cm³/mol. The number of rotatable bonds is 9. The van der Waals surface area contributed by atoms with E-state index in [9.17, 15) is 12.6 Å². The number of aromatic nitrogens is 2. The molecule has 10 heteroatoms. The van der Waals surface area contributed by atoms with E-state index in [-0.39, 0.29) is 23.1 Å². The quantitative estimate of drug-likeness (QED) is 0.507. The van der Waals surface area contributed by atoms with Crippen molar-refractivity contribution < 1.29 is 17.4 Å². The summed E-state index contributed by atoms with van der Waals surface area (Å²) in [5.74, 6) is 0.558. The summed E-state index contributed by atoms with van der Waals surface area (Å²) in [7, 11) is -4.30. The Hall–Kier alpha value is -1.29. The molecule has 3 rings (SSSR count). The van der Waals surface area contributed by atoms with Crippen LogP contribution in [0, 0.1) is 0 Å². The van der Waals surface area contributed by atoms with Crippen LogP contribution in [0.25, 0.3) is 10.8 Å². The fourth-order valence-corrected chi connectivity index (χ4v) is 6.15. The van der Waals surface area contributed by atoms with Crippen LogP contribution in [-0.2, 0) is 20.8 Å². The number of pyridine rings is 2. The summed E-state index contributed by atoms with van der Waals surface area (Å²) < 4.78 is 45.8. The third-order valence-corrected chi connectivity index (χ3v) is 9.75. The summed E-state index contributed by atoms with van der Waals surface area (Å²) in [6, 6.07) is 1.60. The highest BCUT2D eigenvalue weighted by atomic mass is 35.5. The molecule has 32 heavy (non-hydrogen) atoms. The number of fused-ring (bicyclic) bond motifs is 1. The van der Waals surface area contributed by atoms with Crippen molar-refractivity contribution in [3.63, 3.8) is 0 Å². The van der Waals surface area contributed by atoms with Gasteiger partial charge in [-0.1, -0.05) is 31.9 Å². The Balaban J connectivity index is 1.91. The highest BCUT2D eigenvalue weighted by Crippen LogP contribution is 2.36. The normalized spacial score (nSPS) is 21.2. The average Bonchev–Trinajstić information content (AvgIpc) is 2.68. The number of ether oxygens (including phenoxy) is 1. The maximum Gasteiger partial charge on any atom is 0.223 e. The summed E-state index contributed by atoms with van der Waals surface area (Å²) >= 11 is 6.21. The van der Waals surface area contributed by atoms with Crippen molar-refractivity contribution in [3.8, 4) is 5.88 Å². The van der Waals surface area contributed by atoms with Crippen LogP contribution in [0.5, 0.6) is 5.88 Å². The first-order valence-electron chi connectivity index (χ1n) is 11.0. The Bertz CT molecular complexity index is 1100. The van der Waals surface area contributed by atoms with E-state index in [0.29, 0.717) is 29.3 Å². The lowest BCUT2D eigenvalue weighted by atomic mass is 9.95. The van der Waals surface area contributed by atoms with Gasteiger partial charge in [-0.25, -0.2) is 27.3 Å². The van der Waals surface area contributed by atoms with Gasteiger partial charge in [0, 0.05) is 37.0 Å². The number of sulfone groups is 1. The molecule has 0 bridgehead atoms. The minimum atomic E-state index is -3.05. The Labute approximate surface area is 198 Å². The molecule has 2 aromatic heterocycles. The predicted octanol–water partition coefficient (Wildman–Crippen LogP) is 4.52. The van der Waals surface area contributed by atoms with E-state index in [2.05, 4.69) is 21.6 Å². The average molecular weight is 502 g/mol. The molecule has 0 spiro atoms. The first kappa shape index (κ1) is 25.3. The fraction of sp³-hybridized carbons (Fsp3) is 0.636. The maximum atomic E-state index is 12.8. The van der Waals surface area contributed by atoms with Crippen molar-refractivity contribution in [1.82, 2.24) is 14.7 Å². The molecular formula is C22H32ClN3O4S2. The van der Waals surface area contributed by atoms with Crippen LogP contribution in [0.2, 0.25) is 5.15 Å². The van der Waals surface area contributed by atoms with Crippen LogP contribution >= 0.6 is 11.6 Å². The topological polar surface area (TPSA) is 98.2 Å². The lowest BCUT2D eigenvalue weighted by molar-refractivity contribution is 0.119. The highest BCUT2D eigenvalue weighted by Gasteiger charge is 2.39. The third kappa shape index (κ3) is 5.61. The van der Waals surface area contributed by atoms with E-state index in [1.165, 1.54) is 0 Å². The van der Waals surface area contributed by atoms with Crippen LogP contribution in [0.1, 0.15) is 71.9 Å². The van der Waals surface area contributed by atoms with Crippen LogP contribution in [-0.4, -0.2) is 44.4 Å². The Morgan fingerprint density at radius 3 is 2.50 bits per heavy atom. The van der Waals surface area contributed by atoms with Gasteiger partial charge in [-0.2, -0.15) is 0 Å². The van der Waals surface area contributed by atoms with Gasteiger partial charge in [-0.15, -0.1) is 0 Å². The zero-order chi connectivity index (χ0) is 23.7. The van der Waals surface area contributed by atoms with Crippen molar-refractivity contribution in [2.24, 2.45) is 0 Å². The van der Waals surface area contributed by atoms with Crippen LogP contribution in [0.15, 0.2) is 18.5 Å². The monoisotopic (exact) mass is 501 g/mol. The van der Waals surface area contributed by atoms with Gasteiger partial charge < -0.3 is 4.74 Å². The van der Waals surface area contributed by atoms with E-state index in [4.69, 9.17) is 16.3 Å². The van der Waals surface area contributed by atoms with E-state index in [0.717, 1.165) is 23.8 Å². The van der Waals surface area contributed by atoms with Gasteiger partial charge in [0.1, 0.15) is 11.3 Å². The molecule has 7 nitrogen and oxygen atoms in total. The second-order valence-electron chi connectivity index (χ2n) is 9.20. The molecule has 178 valence electrons.